The summed E-state index contributed by atoms with van der Waals surface area (Å²) in [5, 5.41) is 4.29. The predicted octanol–water partition coefficient (Wildman–Crippen LogP) is 2.71. The molecule has 0 fully saturated rings. The molecule has 0 unspecified atom stereocenters. The predicted molar refractivity (Wildman–Crippen MR) is 87.7 cm³/mol. The number of anilines is 2. The molecule has 3 N–H and O–H groups in total. The maximum atomic E-state index is 5.51. The summed E-state index contributed by atoms with van der Waals surface area (Å²) in [6.45, 7) is 1.97. The normalized spacial score (nSPS) is 10.5. The third-order valence-corrected chi connectivity index (χ3v) is 3.24. The van der Waals surface area contributed by atoms with E-state index in [9.17, 15) is 0 Å². The highest BCUT2D eigenvalue weighted by Gasteiger charge is 2.05. The fraction of sp³-hybridized carbons (Fsp3) is 0.0667. The number of aromatic nitrogens is 3. The standard InChI is InChI=1S/C15H13N5S/c1-9-5-6-10-3-2-4-11(14(10)19-9)20-13-8-17-12(7-18-13)15(16)21/h2-8H,1H3,(H2,16,21)(H,18,20). The van der Waals surface area contributed by atoms with Gasteiger partial charge in [-0.1, -0.05) is 30.4 Å². The summed E-state index contributed by atoms with van der Waals surface area (Å²) in [4.78, 5) is 13.2. The van der Waals surface area contributed by atoms with Crippen LogP contribution in [-0.4, -0.2) is 19.9 Å². The SMILES string of the molecule is Cc1ccc2cccc(Nc3cnc(C(N)=S)cn3)c2n1. The minimum Gasteiger partial charge on any atom is -0.388 e. The molecule has 0 saturated carbocycles. The molecular formula is C15H13N5S. The van der Waals surface area contributed by atoms with E-state index in [0.717, 1.165) is 22.3 Å². The fourth-order valence-electron chi connectivity index (χ4n) is 2.00. The Kier molecular flexibility index (Phi) is 3.45. The zero-order valence-corrected chi connectivity index (χ0v) is 12.2. The smallest absolute Gasteiger partial charge is 0.148 e. The molecule has 0 saturated heterocycles. The van der Waals surface area contributed by atoms with E-state index < -0.39 is 0 Å². The van der Waals surface area contributed by atoms with E-state index in [1.807, 2.05) is 37.3 Å². The Bertz CT molecular complexity index is 814. The van der Waals surface area contributed by atoms with Crippen LogP contribution >= 0.6 is 12.2 Å². The van der Waals surface area contributed by atoms with Gasteiger partial charge in [0.15, 0.2) is 0 Å². The summed E-state index contributed by atoms with van der Waals surface area (Å²) in [6.07, 6.45) is 3.15. The molecule has 1 aromatic carbocycles. The number of benzene rings is 1. The van der Waals surface area contributed by atoms with Gasteiger partial charge in [-0.15, -0.1) is 0 Å². The zero-order valence-electron chi connectivity index (χ0n) is 11.4. The second kappa shape index (κ2) is 5.41. The molecule has 0 aliphatic rings. The number of nitrogens with one attached hydrogen (secondary N) is 1. The van der Waals surface area contributed by atoms with Gasteiger partial charge in [-0.3, -0.25) is 4.98 Å². The van der Waals surface area contributed by atoms with E-state index in [0.29, 0.717) is 11.5 Å². The first-order valence-electron chi connectivity index (χ1n) is 6.39. The lowest BCUT2D eigenvalue weighted by molar-refractivity contribution is 1.18. The molecule has 0 bridgehead atoms. The van der Waals surface area contributed by atoms with Crippen molar-refractivity contribution in [3.63, 3.8) is 0 Å². The van der Waals surface area contributed by atoms with Crippen LogP contribution in [0.3, 0.4) is 0 Å². The molecule has 0 aliphatic carbocycles. The number of nitrogens with zero attached hydrogens (tertiary/aromatic N) is 3. The van der Waals surface area contributed by atoms with Crippen molar-refractivity contribution >= 4 is 39.6 Å². The molecule has 0 aliphatic heterocycles. The number of hydrogen-bond acceptors (Lipinski definition) is 5. The zero-order chi connectivity index (χ0) is 14.8. The third kappa shape index (κ3) is 2.80. The molecule has 2 aromatic heterocycles. The molecule has 2 heterocycles. The van der Waals surface area contributed by atoms with Crippen molar-refractivity contribution in [2.24, 2.45) is 5.73 Å². The number of aryl methyl sites for hydroxylation is 1. The average Bonchev–Trinajstić information content (AvgIpc) is 2.48. The summed E-state index contributed by atoms with van der Waals surface area (Å²) in [7, 11) is 0. The number of hydrogen-bond donors (Lipinski definition) is 2. The average molecular weight is 295 g/mol. The van der Waals surface area contributed by atoms with E-state index in [4.69, 9.17) is 18.0 Å². The van der Waals surface area contributed by atoms with Crippen molar-refractivity contribution in [1.82, 2.24) is 15.0 Å². The maximum absolute atomic E-state index is 5.51. The summed E-state index contributed by atoms with van der Waals surface area (Å²) >= 11 is 4.86. The Balaban J connectivity index is 1.97. The summed E-state index contributed by atoms with van der Waals surface area (Å²) in [5.41, 5.74) is 8.76. The molecular weight excluding hydrogens is 282 g/mol. The number of pyridine rings is 1. The van der Waals surface area contributed by atoms with Crippen LogP contribution in [-0.2, 0) is 0 Å². The van der Waals surface area contributed by atoms with Gasteiger partial charge >= 0.3 is 0 Å². The maximum Gasteiger partial charge on any atom is 0.148 e. The highest BCUT2D eigenvalue weighted by Crippen LogP contribution is 2.24. The minimum atomic E-state index is 0.233. The Morgan fingerprint density at radius 2 is 2.00 bits per heavy atom. The van der Waals surface area contributed by atoms with E-state index in [1.165, 1.54) is 0 Å². The van der Waals surface area contributed by atoms with E-state index in [1.54, 1.807) is 12.4 Å². The second-order valence-corrected chi connectivity index (χ2v) is 5.05. The van der Waals surface area contributed by atoms with Crippen molar-refractivity contribution in [2.75, 3.05) is 5.32 Å². The molecule has 0 atom stereocenters. The lowest BCUT2D eigenvalue weighted by Gasteiger charge is -2.09. The van der Waals surface area contributed by atoms with Crippen LogP contribution in [0.15, 0.2) is 42.7 Å². The van der Waals surface area contributed by atoms with Gasteiger partial charge in [0, 0.05) is 11.1 Å². The van der Waals surface area contributed by atoms with Gasteiger partial charge in [0.2, 0.25) is 0 Å². The lowest BCUT2D eigenvalue weighted by atomic mass is 10.2. The largest absolute Gasteiger partial charge is 0.388 e. The van der Waals surface area contributed by atoms with E-state index in [2.05, 4.69) is 20.3 Å². The number of nitrogens with two attached hydrogens (primary N) is 1. The highest BCUT2D eigenvalue weighted by molar-refractivity contribution is 7.80. The first-order chi connectivity index (χ1) is 10.1. The Morgan fingerprint density at radius 3 is 2.71 bits per heavy atom. The molecule has 3 rings (SSSR count). The van der Waals surface area contributed by atoms with Gasteiger partial charge in [0.05, 0.1) is 23.6 Å². The van der Waals surface area contributed by atoms with Crippen molar-refractivity contribution in [3.8, 4) is 0 Å². The third-order valence-electron chi connectivity index (χ3n) is 3.03. The van der Waals surface area contributed by atoms with Crippen LogP contribution < -0.4 is 11.1 Å². The van der Waals surface area contributed by atoms with Gasteiger partial charge in [0.1, 0.15) is 16.5 Å². The Morgan fingerprint density at radius 1 is 1.14 bits per heavy atom. The summed E-state index contributed by atoms with van der Waals surface area (Å²) in [6, 6.07) is 9.98. The minimum absolute atomic E-state index is 0.233. The van der Waals surface area contributed by atoms with Gasteiger partial charge in [0.25, 0.3) is 0 Å². The fourth-order valence-corrected chi connectivity index (χ4v) is 2.11. The van der Waals surface area contributed by atoms with Crippen LogP contribution in [0.1, 0.15) is 11.4 Å². The van der Waals surface area contributed by atoms with Crippen molar-refractivity contribution in [1.29, 1.82) is 0 Å². The molecule has 0 radical (unpaired) electrons. The van der Waals surface area contributed by atoms with Crippen molar-refractivity contribution < 1.29 is 0 Å². The summed E-state index contributed by atoms with van der Waals surface area (Å²) < 4.78 is 0. The van der Waals surface area contributed by atoms with E-state index in [-0.39, 0.29) is 4.99 Å². The second-order valence-electron chi connectivity index (χ2n) is 4.61. The van der Waals surface area contributed by atoms with Gasteiger partial charge in [-0.25, -0.2) is 9.97 Å². The van der Waals surface area contributed by atoms with E-state index >= 15 is 0 Å². The van der Waals surface area contributed by atoms with Crippen LogP contribution in [0, 0.1) is 6.92 Å². The molecule has 3 aromatic rings. The van der Waals surface area contributed by atoms with Crippen molar-refractivity contribution in [3.05, 3.63) is 54.1 Å². The summed E-state index contributed by atoms with van der Waals surface area (Å²) in [5.74, 6) is 0.616. The number of fused-ring (bicyclic) bond motifs is 1. The number of rotatable bonds is 3. The van der Waals surface area contributed by atoms with Crippen molar-refractivity contribution in [2.45, 2.75) is 6.92 Å². The Labute approximate surface area is 127 Å². The first-order valence-corrected chi connectivity index (χ1v) is 6.79. The first kappa shape index (κ1) is 13.4. The van der Waals surface area contributed by atoms with Gasteiger partial charge in [-0.2, -0.15) is 0 Å². The van der Waals surface area contributed by atoms with Crippen LogP contribution in [0.5, 0.6) is 0 Å². The van der Waals surface area contributed by atoms with Crippen LogP contribution in [0.4, 0.5) is 11.5 Å². The quantitative estimate of drug-likeness (QED) is 0.724. The number of thiocarbonyl (C=S) groups is 1. The highest BCUT2D eigenvalue weighted by atomic mass is 32.1. The topological polar surface area (TPSA) is 76.7 Å². The monoisotopic (exact) mass is 295 g/mol. The molecule has 21 heavy (non-hydrogen) atoms. The van der Waals surface area contributed by atoms with Crippen LogP contribution in [0.2, 0.25) is 0 Å². The molecule has 6 heteroatoms. The lowest BCUT2D eigenvalue weighted by Crippen LogP contribution is -2.12. The molecule has 104 valence electrons. The van der Waals surface area contributed by atoms with Gasteiger partial charge < -0.3 is 11.1 Å². The van der Waals surface area contributed by atoms with Crippen LogP contribution in [0.25, 0.3) is 10.9 Å². The molecule has 0 spiro atoms. The number of para-hydroxylation sites is 1. The molecule has 0 amide bonds. The van der Waals surface area contributed by atoms with Gasteiger partial charge in [-0.05, 0) is 19.1 Å². The molecule has 5 nitrogen and oxygen atoms in total. The Hall–Kier alpha value is -2.60.